The Balaban J connectivity index is 1.77. The van der Waals surface area contributed by atoms with Crippen LogP contribution >= 0.6 is 0 Å². The van der Waals surface area contributed by atoms with Gasteiger partial charge >= 0.3 is 0 Å². The van der Waals surface area contributed by atoms with Crippen LogP contribution < -0.4 is 4.72 Å². The van der Waals surface area contributed by atoms with E-state index in [1.54, 1.807) is 24.5 Å². The quantitative estimate of drug-likeness (QED) is 0.782. The minimum atomic E-state index is -3.52. The first-order valence-electron chi connectivity index (χ1n) is 7.37. The van der Waals surface area contributed by atoms with Crippen LogP contribution in [0.1, 0.15) is 18.1 Å². The summed E-state index contributed by atoms with van der Waals surface area (Å²) in [5.41, 5.74) is 3.48. The first kappa shape index (κ1) is 15.6. The van der Waals surface area contributed by atoms with Crippen molar-refractivity contribution < 1.29 is 8.42 Å². The summed E-state index contributed by atoms with van der Waals surface area (Å²) >= 11 is 0. The van der Waals surface area contributed by atoms with Crippen molar-refractivity contribution in [1.82, 2.24) is 14.7 Å². The summed E-state index contributed by atoms with van der Waals surface area (Å²) in [4.78, 5) is 8.69. The fourth-order valence-corrected chi connectivity index (χ4v) is 3.30. The largest absolute Gasteiger partial charge is 0.253 e. The molecule has 0 spiro atoms. The molecule has 0 unspecified atom stereocenters. The number of hydrogen-bond donors (Lipinski definition) is 1. The summed E-state index contributed by atoms with van der Waals surface area (Å²) in [5.74, 6) is 0. The Bertz CT molecular complexity index is 922. The highest BCUT2D eigenvalue weighted by molar-refractivity contribution is 7.89. The number of nitrogens with one attached hydrogen (secondary N) is 1. The van der Waals surface area contributed by atoms with E-state index in [9.17, 15) is 8.42 Å². The molecule has 0 aliphatic rings. The molecule has 1 heterocycles. The van der Waals surface area contributed by atoms with Crippen LogP contribution in [0.2, 0.25) is 0 Å². The van der Waals surface area contributed by atoms with Crippen LogP contribution in [-0.4, -0.2) is 18.4 Å². The van der Waals surface area contributed by atoms with Gasteiger partial charge in [0, 0.05) is 18.9 Å². The molecule has 0 saturated carbocycles. The third-order valence-corrected chi connectivity index (χ3v) is 5.06. The Hall–Kier alpha value is -2.31. The lowest BCUT2D eigenvalue weighted by Crippen LogP contribution is -2.23. The van der Waals surface area contributed by atoms with E-state index in [-0.39, 0.29) is 11.4 Å². The van der Waals surface area contributed by atoms with E-state index < -0.39 is 10.0 Å². The molecule has 0 atom stereocenters. The fourth-order valence-electron chi connectivity index (χ4n) is 2.28. The van der Waals surface area contributed by atoms with Gasteiger partial charge in [0.1, 0.15) is 0 Å². The molecule has 0 amide bonds. The zero-order valence-corrected chi connectivity index (χ0v) is 13.5. The van der Waals surface area contributed by atoms with E-state index in [4.69, 9.17) is 0 Å². The van der Waals surface area contributed by atoms with Gasteiger partial charge in [-0.1, -0.05) is 25.1 Å². The van der Waals surface area contributed by atoms with Gasteiger partial charge in [-0.3, -0.25) is 9.97 Å². The number of aryl methyl sites for hydroxylation is 1. The number of rotatable bonds is 5. The molecule has 3 rings (SSSR count). The minimum absolute atomic E-state index is 0.213. The molecular weight excluding hydrogens is 310 g/mol. The number of sulfonamides is 1. The number of fused-ring (bicyclic) bond motifs is 1. The van der Waals surface area contributed by atoms with Crippen molar-refractivity contribution in [2.24, 2.45) is 0 Å². The lowest BCUT2D eigenvalue weighted by Gasteiger charge is -2.08. The van der Waals surface area contributed by atoms with E-state index in [2.05, 4.69) is 14.7 Å². The van der Waals surface area contributed by atoms with Crippen LogP contribution in [0.25, 0.3) is 11.0 Å². The number of benzene rings is 2. The molecule has 0 fully saturated rings. The van der Waals surface area contributed by atoms with Gasteiger partial charge in [-0.25, -0.2) is 13.1 Å². The highest BCUT2D eigenvalue weighted by atomic mass is 32.2. The molecule has 1 N–H and O–H groups in total. The van der Waals surface area contributed by atoms with Crippen molar-refractivity contribution in [2.45, 2.75) is 24.8 Å². The summed E-state index contributed by atoms with van der Waals surface area (Å²) in [6.07, 6.45) is 4.13. The van der Waals surface area contributed by atoms with E-state index in [1.807, 2.05) is 37.3 Å². The molecule has 0 saturated heterocycles. The molecule has 0 bridgehead atoms. The van der Waals surface area contributed by atoms with Crippen LogP contribution in [0, 0.1) is 0 Å². The van der Waals surface area contributed by atoms with Crippen LogP contribution in [0.15, 0.2) is 59.8 Å². The van der Waals surface area contributed by atoms with Gasteiger partial charge < -0.3 is 0 Å². The molecule has 1 aromatic heterocycles. The average molecular weight is 327 g/mol. The summed E-state index contributed by atoms with van der Waals surface area (Å²) < 4.78 is 27.3. The van der Waals surface area contributed by atoms with Crippen molar-refractivity contribution in [3.63, 3.8) is 0 Å². The molecule has 6 heteroatoms. The van der Waals surface area contributed by atoms with Crippen molar-refractivity contribution in [1.29, 1.82) is 0 Å². The monoisotopic (exact) mass is 327 g/mol. The zero-order valence-electron chi connectivity index (χ0n) is 12.7. The van der Waals surface area contributed by atoms with Crippen molar-refractivity contribution in [3.8, 4) is 0 Å². The van der Waals surface area contributed by atoms with E-state index in [0.717, 1.165) is 28.6 Å². The zero-order chi connectivity index (χ0) is 16.3. The molecular formula is C17H17N3O2S. The molecule has 0 aliphatic carbocycles. The maximum absolute atomic E-state index is 12.3. The average Bonchev–Trinajstić information content (AvgIpc) is 2.60. The first-order chi connectivity index (χ1) is 11.1. The third kappa shape index (κ3) is 3.55. The summed E-state index contributed by atoms with van der Waals surface area (Å²) in [5, 5.41) is 0. The Kier molecular flexibility index (Phi) is 4.36. The van der Waals surface area contributed by atoms with Gasteiger partial charge in [0.15, 0.2) is 0 Å². The maximum atomic E-state index is 12.3. The Morgan fingerprint density at radius 1 is 0.913 bits per heavy atom. The fraction of sp³-hybridized carbons (Fsp3) is 0.176. The second kappa shape index (κ2) is 6.44. The summed E-state index contributed by atoms with van der Waals surface area (Å²) in [6, 6.07) is 12.5. The van der Waals surface area contributed by atoms with Crippen LogP contribution in [0.4, 0.5) is 0 Å². The molecule has 5 nitrogen and oxygen atoms in total. The van der Waals surface area contributed by atoms with E-state index in [1.165, 1.54) is 0 Å². The third-order valence-electron chi connectivity index (χ3n) is 3.64. The molecule has 0 radical (unpaired) electrons. The number of nitrogens with zero attached hydrogens (tertiary/aromatic N) is 2. The maximum Gasteiger partial charge on any atom is 0.240 e. The summed E-state index contributed by atoms with van der Waals surface area (Å²) in [7, 11) is -3.52. The van der Waals surface area contributed by atoms with E-state index in [0.29, 0.717) is 0 Å². The Labute approximate surface area is 135 Å². The predicted molar refractivity (Wildman–Crippen MR) is 89.4 cm³/mol. The van der Waals surface area contributed by atoms with E-state index >= 15 is 0 Å². The van der Waals surface area contributed by atoms with Gasteiger partial charge in [-0.15, -0.1) is 0 Å². The second-order valence-electron chi connectivity index (χ2n) is 5.20. The van der Waals surface area contributed by atoms with Gasteiger partial charge in [0.2, 0.25) is 10.0 Å². The molecule has 3 aromatic rings. The summed E-state index contributed by atoms with van der Waals surface area (Å²) in [6.45, 7) is 2.24. The van der Waals surface area contributed by atoms with Crippen LogP contribution in [-0.2, 0) is 23.0 Å². The van der Waals surface area contributed by atoms with Crippen molar-refractivity contribution >= 4 is 21.1 Å². The molecule has 23 heavy (non-hydrogen) atoms. The molecule has 118 valence electrons. The lowest BCUT2D eigenvalue weighted by atomic mass is 10.2. The van der Waals surface area contributed by atoms with Crippen LogP contribution in [0.5, 0.6) is 0 Å². The number of aromatic nitrogens is 2. The van der Waals surface area contributed by atoms with Gasteiger partial charge in [-0.2, -0.15) is 0 Å². The van der Waals surface area contributed by atoms with Gasteiger partial charge in [0.05, 0.1) is 15.9 Å². The second-order valence-corrected chi connectivity index (χ2v) is 6.97. The predicted octanol–water partition coefficient (Wildman–Crippen LogP) is 2.67. The first-order valence-corrected chi connectivity index (χ1v) is 8.85. The van der Waals surface area contributed by atoms with Crippen molar-refractivity contribution in [3.05, 3.63) is 66.0 Å². The standard InChI is InChI=1S/C17H17N3O2S/c1-2-13-3-6-15(7-4-13)23(21,22)20-12-14-5-8-16-17(11-14)19-10-9-18-16/h3-11,20H,2,12H2,1H3. The molecule has 2 aromatic carbocycles. The highest BCUT2D eigenvalue weighted by Crippen LogP contribution is 2.14. The van der Waals surface area contributed by atoms with Crippen LogP contribution in [0.3, 0.4) is 0 Å². The number of hydrogen-bond acceptors (Lipinski definition) is 4. The normalized spacial score (nSPS) is 11.7. The SMILES string of the molecule is CCc1ccc(S(=O)(=O)NCc2ccc3nccnc3c2)cc1. The lowest BCUT2D eigenvalue weighted by molar-refractivity contribution is 0.581. The smallest absolute Gasteiger partial charge is 0.240 e. The van der Waals surface area contributed by atoms with Crippen molar-refractivity contribution in [2.75, 3.05) is 0 Å². The highest BCUT2D eigenvalue weighted by Gasteiger charge is 2.13. The van der Waals surface area contributed by atoms with Gasteiger partial charge in [-0.05, 0) is 41.8 Å². The Morgan fingerprint density at radius 3 is 2.26 bits per heavy atom. The van der Waals surface area contributed by atoms with Gasteiger partial charge in [0.25, 0.3) is 0 Å². The molecule has 0 aliphatic heterocycles. The minimum Gasteiger partial charge on any atom is -0.253 e. The Morgan fingerprint density at radius 2 is 1.57 bits per heavy atom. The topological polar surface area (TPSA) is 72.0 Å².